The van der Waals surface area contributed by atoms with E-state index in [9.17, 15) is 4.79 Å². The predicted octanol–water partition coefficient (Wildman–Crippen LogP) is 5.17. The second-order valence-electron chi connectivity index (χ2n) is 6.88. The van der Waals surface area contributed by atoms with E-state index in [1.165, 1.54) is 4.68 Å². The second-order valence-corrected chi connectivity index (χ2v) is 7.80. The van der Waals surface area contributed by atoms with Crippen molar-refractivity contribution in [3.05, 3.63) is 93.2 Å². The molecule has 0 radical (unpaired) electrons. The van der Waals surface area contributed by atoms with Crippen LogP contribution in [-0.2, 0) is 0 Å². The van der Waals surface area contributed by atoms with Crippen LogP contribution in [0.3, 0.4) is 0 Å². The molecule has 30 heavy (non-hydrogen) atoms. The van der Waals surface area contributed by atoms with Crippen molar-refractivity contribution in [2.75, 3.05) is 0 Å². The average Bonchev–Trinajstić information content (AvgIpc) is 3.25. The first kappa shape index (κ1) is 18.4. The molecule has 146 valence electrons. The first-order valence-electron chi connectivity index (χ1n) is 9.29. The van der Waals surface area contributed by atoms with Gasteiger partial charge in [-0.3, -0.25) is 4.79 Å². The number of benzene rings is 3. The average molecular weight is 459 g/mol. The van der Waals surface area contributed by atoms with E-state index in [0.29, 0.717) is 28.0 Å². The minimum Gasteiger partial charge on any atom is -0.332 e. The molecule has 6 nitrogen and oxygen atoms in total. The molecule has 2 aromatic heterocycles. The van der Waals surface area contributed by atoms with Gasteiger partial charge in [0.15, 0.2) is 5.69 Å². The van der Waals surface area contributed by atoms with Gasteiger partial charge in [0.25, 0.3) is 11.4 Å². The van der Waals surface area contributed by atoms with Crippen LogP contribution in [0.25, 0.3) is 39.4 Å². The number of hydrogen-bond donors (Lipinski definition) is 0. The van der Waals surface area contributed by atoms with Crippen LogP contribution in [0.15, 0.2) is 86.6 Å². The Morgan fingerprint density at radius 3 is 2.47 bits per heavy atom. The lowest BCUT2D eigenvalue weighted by Gasteiger charge is -2.09. The van der Waals surface area contributed by atoms with Crippen molar-refractivity contribution >= 4 is 26.7 Å². The van der Waals surface area contributed by atoms with Crippen LogP contribution in [0, 0.1) is 6.92 Å². The van der Waals surface area contributed by atoms with E-state index < -0.39 is 0 Å². The molecule has 0 fully saturated rings. The van der Waals surface area contributed by atoms with E-state index in [-0.39, 0.29) is 11.4 Å². The first-order chi connectivity index (χ1) is 14.6. The molecular formula is C23H15BrN4O2. The molecule has 2 heterocycles. The fraction of sp³-hybridized carbons (Fsp3) is 0.0435. The SMILES string of the molecule is Cc1cccc(-n2nc(-c3nc(-c4ccc(Br)cc4)no3)c3ccccc3c2=O)c1. The summed E-state index contributed by atoms with van der Waals surface area (Å²) < 4.78 is 7.90. The largest absolute Gasteiger partial charge is 0.332 e. The van der Waals surface area contributed by atoms with Gasteiger partial charge in [0.2, 0.25) is 5.82 Å². The van der Waals surface area contributed by atoms with Crippen LogP contribution in [0.5, 0.6) is 0 Å². The maximum Gasteiger partial charge on any atom is 0.279 e. The lowest BCUT2D eigenvalue weighted by atomic mass is 10.1. The van der Waals surface area contributed by atoms with Crippen LogP contribution in [0.1, 0.15) is 5.56 Å². The third-order valence-corrected chi connectivity index (χ3v) is 5.31. The maximum atomic E-state index is 13.1. The zero-order valence-electron chi connectivity index (χ0n) is 15.9. The molecule has 0 aliphatic carbocycles. The van der Waals surface area contributed by atoms with Gasteiger partial charge in [-0.1, -0.05) is 51.4 Å². The fourth-order valence-electron chi connectivity index (χ4n) is 3.32. The quantitative estimate of drug-likeness (QED) is 0.372. The summed E-state index contributed by atoms with van der Waals surface area (Å²) in [6, 6.07) is 22.6. The molecule has 0 aliphatic heterocycles. The summed E-state index contributed by atoms with van der Waals surface area (Å²) in [7, 11) is 0. The van der Waals surface area contributed by atoms with E-state index in [0.717, 1.165) is 15.6 Å². The van der Waals surface area contributed by atoms with Crippen molar-refractivity contribution in [1.29, 1.82) is 0 Å². The van der Waals surface area contributed by atoms with Gasteiger partial charge in [-0.05, 0) is 55.0 Å². The van der Waals surface area contributed by atoms with E-state index >= 15 is 0 Å². The highest BCUT2D eigenvalue weighted by atomic mass is 79.9. The van der Waals surface area contributed by atoms with Gasteiger partial charge in [0.1, 0.15) is 0 Å². The number of hydrogen-bond acceptors (Lipinski definition) is 5. The van der Waals surface area contributed by atoms with Gasteiger partial charge in [0.05, 0.1) is 11.1 Å². The Hall–Kier alpha value is -3.58. The normalized spacial score (nSPS) is 11.1. The summed E-state index contributed by atoms with van der Waals surface area (Å²) in [5, 5.41) is 9.91. The first-order valence-corrected chi connectivity index (χ1v) is 10.1. The van der Waals surface area contributed by atoms with Crippen molar-refractivity contribution in [2.45, 2.75) is 6.92 Å². The number of fused-ring (bicyclic) bond motifs is 1. The topological polar surface area (TPSA) is 73.8 Å². The van der Waals surface area contributed by atoms with Crippen molar-refractivity contribution in [2.24, 2.45) is 0 Å². The van der Waals surface area contributed by atoms with Gasteiger partial charge >= 0.3 is 0 Å². The minimum atomic E-state index is -0.201. The van der Waals surface area contributed by atoms with E-state index in [4.69, 9.17) is 4.52 Å². The van der Waals surface area contributed by atoms with Gasteiger partial charge in [-0.2, -0.15) is 14.8 Å². The van der Waals surface area contributed by atoms with Gasteiger partial charge in [-0.25, -0.2) is 0 Å². The Balaban J connectivity index is 1.72. The zero-order valence-corrected chi connectivity index (χ0v) is 17.5. The summed E-state index contributed by atoms with van der Waals surface area (Å²) in [6.45, 7) is 1.97. The highest BCUT2D eigenvalue weighted by molar-refractivity contribution is 9.10. The Labute approximate surface area is 179 Å². The molecule has 5 rings (SSSR count). The molecule has 0 saturated heterocycles. The van der Waals surface area contributed by atoms with Crippen molar-refractivity contribution in [3.63, 3.8) is 0 Å². The van der Waals surface area contributed by atoms with Crippen LogP contribution in [0.4, 0.5) is 0 Å². The van der Waals surface area contributed by atoms with Gasteiger partial charge in [0, 0.05) is 15.4 Å². The Kier molecular flexibility index (Phi) is 4.52. The molecule has 5 aromatic rings. The predicted molar refractivity (Wildman–Crippen MR) is 119 cm³/mol. The highest BCUT2D eigenvalue weighted by Gasteiger charge is 2.19. The third-order valence-electron chi connectivity index (χ3n) is 4.78. The molecule has 0 bridgehead atoms. The van der Waals surface area contributed by atoms with E-state index in [1.807, 2.05) is 73.7 Å². The second kappa shape index (κ2) is 7.35. The van der Waals surface area contributed by atoms with Crippen LogP contribution in [0.2, 0.25) is 0 Å². The number of aryl methyl sites for hydroxylation is 1. The molecule has 0 atom stereocenters. The van der Waals surface area contributed by atoms with Crippen LogP contribution in [-0.4, -0.2) is 19.9 Å². The van der Waals surface area contributed by atoms with E-state index in [2.05, 4.69) is 31.2 Å². The summed E-state index contributed by atoms with van der Waals surface area (Å²) in [4.78, 5) is 17.7. The summed E-state index contributed by atoms with van der Waals surface area (Å²) in [5.74, 6) is 0.710. The van der Waals surface area contributed by atoms with Crippen molar-refractivity contribution < 1.29 is 4.52 Å². The molecule has 0 spiro atoms. The molecule has 0 N–H and O–H groups in total. The van der Waals surface area contributed by atoms with Crippen molar-refractivity contribution in [1.82, 2.24) is 19.9 Å². The fourth-order valence-corrected chi connectivity index (χ4v) is 3.58. The number of halogens is 1. The van der Waals surface area contributed by atoms with Crippen LogP contribution < -0.4 is 5.56 Å². The summed E-state index contributed by atoms with van der Waals surface area (Å²) in [6.07, 6.45) is 0. The van der Waals surface area contributed by atoms with Gasteiger partial charge < -0.3 is 4.52 Å². The standard InChI is InChI=1S/C23H15BrN4O2/c1-14-5-4-6-17(13-14)28-23(29)19-8-3-2-7-18(19)20(26-28)22-25-21(27-30-22)15-9-11-16(24)12-10-15/h2-13H,1H3. The summed E-state index contributed by atoms with van der Waals surface area (Å²) in [5.41, 5.74) is 2.80. The lowest BCUT2D eigenvalue weighted by molar-refractivity contribution is 0.430. The lowest BCUT2D eigenvalue weighted by Crippen LogP contribution is -2.22. The highest BCUT2D eigenvalue weighted by Crippen LogP contribution is 2.27. The zero-order chi connectivity index (χ0) is 20.7. The molecule has 0 aliphatic rings. The van der Waals surface area contributed by atoms with Gasteiger partial charge in [-0.15, -0.1) is 0 Å². The molecule has 7 heteroatoms. The number of rotatable bonds is 3. The monoisotopic (exact) mass is 458 g/mol. The van der Waals surface area contributed by atoms with Crippen molar-refractivity contribution in [3.8, 4) is 28.7 Å². The Morgan fingerprint density at radius 1 is 0.933 bits per heavy atom. The smallest absolute Gasteiger partial charge is 0.279 e. The molecule has 3 aromatic carbocycles. The Bertz CT molecular complexity index is 1440. The molecule has 0 saturated carbocycles. The summed E-state index contributed by atoms with van der Waals surface area (Å²) >= 11 is 3.42. The molecule has 0 amide bonds. The minimum absolute atomic E-state index is 0.201. The van der Waals surface area contributed by atoms with E-state index in [1.54, 1.807) is 6.07 Å². The Morgan fingerprint density at radius 2 is 1.70 bits per heavy atom. The molecule has 0 unspecified atom stereocenters. The third kappa shape index (κ3) is 3.23. The van der Waals surface area contributed by atoms with Crippen LogP contribution >= 0.6 is 15.9 Å². The molecular weight excluding hydrogens is 444 g/mol. The number of nitrogens with zero attached hydrogens (tertiary/aromatic N) is 4. The maximum absolute atomic E-state index is 13.1. The number of aromatic nitrogens is 4.